The summed E-state index contributed by atoms with van der Waals surface area (Å²) >= 11 is 0. The van der Waals surface area contributed by atoms with Gasteiger partial charge in [0.2, 0.25) is 0 Å². The molecule has 1 aromatic carbocycles. The molecule has 3 nitrogen and oxygen atoms in total. The van der Waals surface area contributed by atoms with Gasteiger partial charge < -0.3 is 5.11 Å². The average Bonchev–Trinajstić information content (AvgIpc) is 2.32. The van der Waals surface area contributed by atoms with Crippen LogP contribution < -0.4 is 0 Å². The Hall–Kier alpha value is -1.90. The number of aryl methyl sites for hydroxylation is 1. The van der Waals surface area contributed by atoms with E-state index in [9.17, 15) is 10.0 Å². The molecule has 18 heavy (non-hydrogen) atoms. The molecule has 0 amide bonds. The van der Waals surface area contributed by atoms with Gasteiger partial charge in [-0.15, -0.1) is 4.91 Å². The van der Waals surface area contributed by atoms with Crippen LogP contribution in [0.4, 0.5) is 0 Å². The first kappa shape index (κ1) is 12.6. The van der Waals surface area contributed by atoms with Crippen LogP contribution >= 0.6 is 0 Å². The summed E-state index contributed by atoms with van der Waals surface area (Å²) in [6.07, 6.45) is 4.35. The Kier molecular flexibility index (Phi) is 3.07. The molecule has 2 rings (SSSR count). The van der Waals surface area contributed by atoms with E-state index in [0.29, 0.717) is 12.1 Å². The van der Waals surface area contributed by atoms with E-state index in [1.165, 1.54) is 5.57 Å². The molecule has 0 fully saturated rings. The van der Waals surface area contributed by atoms with Crippen LogP contribution in [0.1, 0.15) is 31.4 Å². The highest BCUT2D eigenvalue weighted by Gasteiger charge is 2.36. The summed E-state index contributed by atoms with van der Waals surface area (Å²) < 4.78 is 0. The van der Waals surface area contributed by atoms with E-state index in [4.69, 9.17) is 0 Å². The highest BCUT2D eigenvalue weighted by atomic mass is 16.3. The van der Waals surface area contributed by atoms with E-state index >= 15 is 0 Å². The summed E-state index contributed by atoms with van der Waals surface area (Å²) in [6, 6.07) is 5.45. The summed E-state index contributed by atoms with van der Waals surface area (Å²) in [7, 11) is 0. The van der Waals surface area contributed by atoms with Gasteiger partial charge in [0.15, 0.2) is 0 Å². The summed E-state index contributed by atoms with van der Waals surface area (Å²) in [4.78, 5) is 11.0. The maximum atomic E-state index is 11.0. The molecule has 0 saturated carbocycles. The number of nitrogens with zero attached hydrogens (tertiary/aromatic N) is 1. The van der Waals surface area contributed by atoms with Crippen LogP contribution in [-0.4, -0.2) is 5.11 Å². The van der Waals surface area contributed by atoms with Gasteiger partial charge in [-0.1, -0.05) is 29.3 Å². The maximum absolute atomic E-state index is 11.0. The quantitative estimate of drug-likeness (QED) is 0.799. The Morgan fingerprint density at radius 2 is 2.00 bits per heavy atom. The molecule has 0 aliphatic heterocycles. The number of rotatable bonds is 2. The van der Waals surface area contributed by atoms with Gasteiger partial charge in [0.1, 0.15) is 5.75 Å². The van der Waals surface area contributed by atoms with Crippen molar-refractivity contribution in [2.45, 2.75) is 32.6 Å². The zero-order valence-electron chi connectivity index (χ0n) is 10.9. The van der Waals surface area contributed by atoms with Crippen molar-refractivity contribution in [2.24, 2.45) is 5.18 Å². The van der Waals surface area contributed by atoms with Crippen molar-refractivity contribution in [2.75, 3.05) is 0 Å². The van der Waals surface area contributed by atoms with Gasteiger partial charge in [0.05, 0.1) is 5.70 Å². The molecule has 1 atom stereocenters. The van der Waals surface area contributed by atoms with Gasteiger partial charge in [-0.3, -0.25) is 0 Å². The second kappa shape index (κ2) is 4.41. The van der Waals surface area contributed by atoms with Crippen molar-refractivity contribution < 1.29 is 5.11 Å². The first-order valence-electron chi connectivity index (χ1n) is 5.99. The molecular weight excluding hydrogens is 226 g/mol. The molecule has 1 N–H and O–H groups in total. The summed E-state index contributed by atoms with van der Waals surface area (Å²) in [5.41, 5.74) is 2.92. The van der Waals surface area contributed by atoms with E-state index in [1.54, 1.807) is 12.1 Å². The summed E-state index contributed by atoms with van der Waals surface area (Å²) in [6.45, 7) is 5.93. The van der Waals surface area contributed by atoms with E-state index < -0.39 is 5.41 Å². The average molecular weight is 243 g/mol. The predicted octanol–water partition coefficient (Wildman–Crippen LogP) is 3.96. The lowest BCUT2D eigenvalue weighted by Crippen LogP contribution is -2.26. The third-order valence-electron chi connectivity index (χ3n) is 3.57. The van der Waals surface area contributed by atoms with Gasteiger partial charge in [-0.05, 0) is 44.5 Å². The third kappa shape index (κ3) is 1.96. The van der Waals surface area contributed by atoms with Crippen LogP contribution in [0.5, 0.6) is 5.75 Å². The van der Waals surface area contributed by atoms with Crippen LogP contribution in [0.3, 0.4) is 0 Å². The van der Waals surface area contributed by atoms with Gasteiger partial charge in [0.25, 0.3) is 0 Å². The smallest absolute Gasteiger partial charge is 0.119 e. The highest BCUT2D eigenvalue weighted by molar-refractivity contribution is 5.49. The molecule has 1 aliphatic rings. The molecule has 3 heteroatoms. The zero-order chi connectivity index (χ0) is 13.3. The van der Waals surface area contributed by atoms with Crippen molar-refractivity contribution in [3.05, 3.63) is 57.7 Å². The van der Waals surface area contributed by atoms with Crippen LogP contribution in [0.25, 0.3) is 0 Å². The molecular formula is C15H17NO2. The normalized spacial score (nSPS) is 23.3. The lowest BCUT2D eigenvalue weighted by Gasteiger charge is -2.32. The van der Waals surface area contributed by atoms with Crippen LogP contribution in [0.15, 0.2) is 46.8 Å². The number of phenols is 1. The van der Waals surface area contributed by atoms with Crippen LogP contribution in [0, 0.1) is 11.8 Å². The van der Waals surface area contributed by atoms with E-state index in [-0.39, 0.29) is 5.75 Å². The lowest BCUT2D eigenvalue weighted by atomic mass is 9.72. The molecule has 0 saturated heterocycles. The number of aromatic hydroxyl groups is 1. The van der Waals surface area contributed by atoms with Crippen molar-refractivity contribution in [3.63, 3.8) is 0 Å². The lowest BCUT2D eigenvalue weighted by molar-refractivity contribution is 0.438. The van der Waals surface area contributed by atoms with Crippen LogP contribution in [0.2, 0.25) is 0 Å². The maximum Gasteiger partial charge on any atom is 0.119 e. The summed E-state index contributed by atoms with van der Waals surface area (Å²) in [5, 5.41) is 13.2. The van der Waals surface area contributed by atoms with Crippen molar-refractivity contribution in [3.8, 4) is 5.75 Å². The molecule has 0 spiro atoms. The standard InChI is InChI=1S/C15H17NO2/c1-10-4-6-13(17)12(8-10)15(3)9-11(2)5-7-14(15)16-18/h4-8,17H,9H2,1-3H3/t15-/m1/s1. The van der Waals surface area contributed by atoms with Crippen molar-refractivity contribution in [1.29, 1.82) is 0 Å². The minimum Gasteiger partial charge on any atom is -0.508 e. The molecule has 0 unspecified atom stereocenters. The largest absolute Gasteiger partial charge is 0.508 e. The number of hydrogen-bond acceptors (Lipinski definition) is 3. The Morgan fingerprint density at radius 1 is 1.28 bits per heavy atom. The Bertz CT molecular complexity index is 558. The number of nitroso groups, excluding NO2 is 1. The third-order valence-corrected chi connectivity index (χ3v) is 3.57. The fourth-order valence-electron chi connectivity index (χ4n) is 2.57. The number of benzene rings is 1. The molecule has 0 aromatic heterocycles. The SMILES string of the molecule is CC1=CC=C(N=O)[C@@](C)(c2cc(C)ccc2O)C1. The Labute approximate surface area is 107 Å². The van der Waals surface area contributed by atoms with Gasteiger partial charge in [0, 0.05) is 11.0 Å². The fraction of sp³-hybridized carbons (Fsp3) is 0.333. The van der Waals surface area contributed by atoms with Crippen LogP contribution in [-0.2, 0) is 5.41 Å². The number of allylic oxidation sites excluding steroid dienone is 4. The monoisotopic (exact) mass is 243 g/mol. The van der Waals surface area contributed by atoms with E-state index in [0.717, 1.165) is 11.1 Å². The zero-order valence-corrected chi connectivity index (χ0v) is 10.9. The number of phenolic OH excluding ortho intramolecular Hbond substituents is 1. The van der Waals surface area contributed by atoms with Gasteiger partial charge in [-0.2, -0.15) is 0 Å². The fourth-order valence-corrected chi connectivity index (χ4v) is 2.57. The molecule has 0 heterocycles. The van der Waals surface area contributed by atoms with Crippen molar-refractivity contribution in [1.82, 2.24) is 0 Å². The molecule has 94 valence electrons. The van der Waals surface area contributed by atoms with E-state index in [2.05, 4.69) is 5.18 Å². The minimum atomic E-state index is -0.545. The Balaban J connectivity index is 2.60. The first-order valence-corrected chi connectivity index (χ1v) is 5.99. The second-order valence-electron chi connectivity index (χ2n) is 5.19. The molecule has 0 bridgehead atoms. The minimum absolute atomic E-state index is 0.215. The van der Waals surface area contributed by atoms with Gasteiger partial charge >= 0.3 is 0 Å². The number of hydrogen-bond donors (Lipinski definition) is 1. The second-order valence-corrected chi connectivity index (χ2v) is 5.19. The highest BCUT2D eigenvalue weighted by Crippen LogP contribution is 2.44. The topological polar surface area (TPSA) is 49.7 Å². The molecule has 1 aliphatic carbocycles. The Morgan fingerprint density at radius 3 is 2.67 bits per heavy atom. The predicted molar refractivity (Wildman–Crippen MR) is 72.4 cm³/mol. The molecule has 0 radical (unpaired) electrons. The summed E-state index contributed by atoms with van der Waals surface area (Å²) in [5.74, 6) is 0.215. The van der Waals surface area contributed by atoms with E-state index in [1.807, 2.05) is 39.0 Å². The van der Waals surface area contributed by atoms with Gasteiger partial charge in [-0.25, -0.2) is 0 Å². The first-order chi connectivity index (χ1) is 8.47. The molecule has 1 aromatic rings. The van der Waals surface area contributed by atoms with Crippen molar-refractivity contribution >= 4 is 0 Å².